The Balaban J connectivity index is 1.47. The van der Waals surface area contributed by atoms with Crippen molar-refractivity contribution in [3.63, 3.8) is 0 Å². The number of para-hydroxylation sites is 1. The van der Waals surface area contributed by atoms with E-state index in [-0.39, 0.29) is 18.7 Å². The van der Waals surface area contributed by atoms with Gasteiger partial charge in [-0.05, 0) is 42.8 Å². The average molecular weight is 515 g/mol. The van der Waals surface area contributed by atoms with Crippen molar-refractivity contribution in [2.24, 2.45) is 4.99 Å². The van der Waals surface area contributed by atoms with Gasteiger partial charge in [-0.2, -0.15) is 0 Å². The summed E-state index contributed by atoms with van der Waals surface area (Å²) in [7, 11) is 0. The van der Waals surface area contributed by atoms with Gasteiger partial charge in [0.1, 0.15) is 11.9 Å². The largest absolute Gasteiger partial charge is 0.326 e. The number of fused-ring (bicyclic) bond motifs is 3. The lowest BCUT2D eigenvalue weighted by Gasteiger charge is -2.13. The normalized spacial score (nSPS) is 14.1. The Bertz CT molecular complexity index is 1500. The molecule has 0 saturated heterocycles. The molecule has 3 aromatic carbocycles. The van der Waals surface area contributed by atoms with Gasteiger partial charge >= 0.3 is 0 Å². The summed E-state index contributed by atoms with van der Waals surface area (Å²) in [5.41, 5.74) is 6.29. The number of aliphatic imine (C=N–C) groups is 1. The number of aromatic nitrogens is 3. The van der Waals surface area contributed by atoms with Crippen LogP contribution in [0.2, 0.25) is 5.02 Å². The van der Waals surface area contributed by atoms with E-state index in [4.69, 9.17) is 21.8 Å². The van der Waals surface area contributed by atoms with Crippen molar-refractivity contribution in [3.05, 3.63) is 106 Å². The highest BCUT2D eigenvalue weighted by atomic mass is 35.5. The van der Waals surface area contributed by atoms with Crippen molar-refractivity contribution >= 4 is 34.8 Å². The lowest BCUT2D eigenvalue weighted by molar-refractivity contribution is -0.128. The minimum absolute atomic E-state index is 0.0323. The summed E-state index contributed by atoms with van der Waals surface area (Å²) in [5.74, 6) is 0.514. The summed E-state index contributed by atoms with van der Waals surface area (Å²) in [5, 5.41) is 20.9. The van der Waals surface area contributed by atoms with E-state index in [1.54, 1.807) is 29.7 Å². The molecule has 0 unspecified atom stereocenters. The third-order valence-corrected chi connectivity index (χ3v) is 6.31. The van der Waals surface area contributed by atoms with E-state index < -0.39 is 11.9 Å². The zero-order valence-electron chi connectivity index (χ0n) is 19.9. The van der Waals surface area contributed by atoms with Crippen LogP contribution >= 0.6 is 11.6 Å². The smallest absolute Gasteiger partial charge is 0.247 e. The fourth-order valence-electron chi connectivity index (χ4n) is 4.34. The molecule has 0 radical (unpaired) electrons. The first-order valence-electron chi connectivity index (χ1n) is 11.6. The van der Waals surface area contributed by atoms with Gasteiger partial charge in [0, 0.05) is 21.8 Å². The number of halogens is 1. The fourth-order valence-corrected chi connectivity index (χ4v) is 4.46. The number of rotatable bonds is 6. The van der Waals surface area contributed by atoms with Gasteiger partial charge in [-0.3, -0.25) is 24.4 Å². The molecule has 3 N–H and O–H groups in total. The Hall–Kier alpha value is -4.34. The highest BCUT2D eigenvalue weighted by molar-refractivity contribution is 6.30. The molecule has 0 spiro atoms. The number of anilines is 1. The summed E-state index contributed by atoms with van der Waals surface area (Å²) < 4.78 is 1.95. The minimum Gasteiger partial charge on any atom is -0.326 e. The maximum absolute atomic E-state index is 13.1. The summed E-state index contributed by atoms with van der Waals surface area (Å²) in [6.45, 7) is 1.87. The molecule has 0 bridgehead atoms. The van der Waals surface area contributed by atoms with E-state index in [1.165, 1.54) is 0 Å². The zero-order chi connectivity index (χ0) is 25.9. The van der Waals surface area contributed by atoms with Crippen molar-refractivity contribution in [1.82, 2.24) is 20.2 Å². The van der Waals surface area contributed by atoms with E-state index in [0.29, 0.717) is 27.9 Å². The van der Waals surface area contributed by atoms with E-state index in [9.17, 15) is 9.59 Å². The molecule has 186 valence electrons. The highest BCUT2D eigenvalue weighted by Gasteiger charge is 2.29. The van der Waals surface area contributed by atoms with Crippen LogP contribution in [0, 0.1) is 6.92 Å². The highest BCUT2D eigenvalue weighted by Crippen LogP contribution is 2.33. The van der Waals surface area contributed by atoms with Crippen LogP contribution in [0.15, 0.2) is 77.8 Å². The second-order valence-electron chi connectivity index (χ2n) is 8.62. The summed E-state index contributed by atoms with van der Waals surface area (Å²) in [4.78, 5) is 29.5. The van der Waals surface area contributed by atoms with Gasteiger partial charge < -0.3 is 5.32 Å². The molecule has 5 rings (SSSR count). The van der Waals surface area contributed by atoms with Crippen molar-refractivity contribution in [2.45, 2.75) is 25.8 Å². The lowest BCUT2D eigenvalue weighted by Crippen LogP contribution is -2.20. The summed E-state index contributed by atoms with van der Waals surface area (Å²) in [6.07, 6.45) is 0.0719. The molecule has 9 nitrogen and oxygen atoms in total. The van der Waals surface area contributed by atoms with Crippen LogP contribution in [0.4, 0.5) is 5.69 Å². The number of hydrogen-bond donors (Lipinski definition) is 3. The number of nitrogens with zero attached hydrogens (tertiary/aromatic N) is 4. The number of aryl methyl sites for hydroxylation is 1. The number of carbonyl (C=O) groups is 2. The number of hydroxylamine groups is 1. The quantitative estimate of drug-likeness (QED) is 0.263. The van der Waals surface area contributed by atoms with Crippen LogP contribution in [0.25, 0.3) is 5.69 Å². The molecule has 2 heterocycles. The van der Waals surface area contributed by atoms with Crippen molar-refractivity contribution in [2.75, 3.05) is 5.32 Å². The predicted octanol–water partition coefficient (Wildman–Crippen LogP) is 4.20. The van der Waals surface area contributed by atoms with E-state index in [1.807, 2.05) is 60.0 Å². The Morgan fingerprint density at radius 1 is 0.973 bits per heavy atom. The predicted molar refractivity (Wildman–Crippen MR) is 139 cm³/mol. The van der Waals surface area contributed by atoms with Crippen molar-refractivity contribution < 1.29 is 14.8 Å². The number of nitrogens with one attached hydrogen (secondary N) is 2. The van der Waals surface area contributed by atoms with Crippen LogP contribution in [-0.2, 0) is 16.0 Å². The van der Waals surface area contributed by atoms with Crippen molar-refractivity contribution in [3.8, 4) is 5.69 Å². The monoisotopic (exact) mass is 514 g/mol. The maximum Gasteiger partial charge on any atom is 0.247 e. The molecule has 0 aliphatic carbocycles. The second kappa shape index (κ2) is 10.3. The van der Waals surface area contributed by atoms with E-state index in [0.717, 1.165) is 22.5 Å². The average Bonchev–Trinajstić information content (AvgIpc) is 3.22. The summed E-state index contributed by atoms with van der Waals surface area (Å²) in [6, 6.07) is 21.6. The third-order valence-electron chi connectivity index (χ3n) is 6.06. The molecular weight excluding hydrogens is 492 g/mol. The van der Waals surface area contributed by atoms with Gasteiger partial charge in [-0.1, -0.05) is 54.1 Å². The summed E-state index contributed by atoms with van der Waals surface area (Å²) >= 11 is 6.13. The Morgan fingerprint density at radius 3 is 2.43 bits per heavy atom. The van der Waals surface area contributed by atoms with E-state index >= 15 is 0 Å². The van der Waals surface area contributed by atoms with Gasteiger partial charge in [0.15, 0.2) is 5.82 Å². The molecule has 2 amide bonds. The standard InChI is InChI=1S/C27H23ClN6O3/c1-16-31-32-27-22(15-24(35)29-20-12-6-17(7-13-20)14-25(36)33-37)30-26(18-8-10-19(28)11-9-18)21-4-2-3-5-23(21)34(16)27/h2-13,22,37H,14-15H2,1H3,(H,29,35)(H,33,36)/t22-/m0/s1. The zero-order valence-corrected chi connectivity index (χ0v) is 20.6. The molecule has 1 aromatic heterocycles. The van der Waals surface area contributed by atoms with Gasteiger partial charge in [0.2, 0.25) is 11.8 Å². The lowest BCUT2D eigenvalue weighted by atomic mass is 10.0. The first-order chi connectivity index (χ1) is 17.9. The van der Waals surface area contributed by atoms with Crippen LogP contribution in [0.3, 0.4) is 0 Å². The van der Waals surface area contributed by atoms with Gasteiger partial charge in [-0.25, -0.2) is 5.48 Å². The Labute approximate surface area is 217 Å². The van der Waals surface area contributed by atoms with Crippen LogP contribution in [0.1, 0.15) is 40.8 Å². The molecule has 1 aliphatic rings. The molecule has 1 atom stereocenters. The van der Waals surface area contributed by atoms with Crippen LogP contribution in [0.5, 0.6) is 0 Å². The number of amides is 2. The molecule has 0 fully saturated rings. The fraction of sp³-hybridized carbons (Fsp3) is 0.148. The molecule has 0 saturated carbocycles. The minimum atomic E-state index is -0.591. The van der Waals surface area contributed by atoms with Crippen LogP contribution < -0.4 is 10.8 Å². The Morgan fingerprint density at radius 2 is 1.70 bits per heavy atom. The number of hydrogen-bond acceptors (Lipinski definition) is 6. The number of benzene rings is 3. The third kappa shape index (κ3) is 5.13. The molecular formula is C27H23ClN6O3. The topological polar surface area (TPSA) is 122 Å². The van der Waals surface area contributed by atoms with Crippen LogP contribution in [-0.4, -0.2) is 37.5 Å². The first kappa shape index (κ1) is 24.4. The van der Waals surface area contributed by atoms with E-state index in [2.05, 4.69) is 15.5 Å². The SMILES string of the molecule is Cc1nnc2n1-c1ccccc1C(c1ccc(Cl)cc1)=N[C@H]2CC(=O)Nc1ccc(CC(=O)NO)cc1. The molecule has 1 aliphatic heterocycles. The van der Waals surface area contributed by atoms with Crippen molar-refractivity contribution in [1.29, 1.82) is 0 Å². The first-order valence-corrected chi connectivity index (χ1v) is 12.0. The maximum atomic E-state index is 13.1. The second-order valence-corrected chi connectivity index (χ2v) is 9.06. The number of carbonyl (C=O) groups excluding carboxylic acids is 2. The Kier molecular flexibility index (Phi) is 6.80. The van der Waals surface area contributed by atoms with Gasteiger partial charge in [-0.15, -0.1) is 10.2 Å². The van der Waals surface area contributed by atoms with Gasteiger partial charge in [0.05, 0.1) is 24.2 Å². The molecule has 10 heteroatoms. The molecule has 37 heavy (non-hydrogen) atoms. The molecule has 4 aromatic rings. The van der Waals surface area contributed by atoms with Gasteiger partial charge in [0.25, 0.3) is 0 Å².